The van der Waals surface area contributed by atoms with Gasteiger partial charge in [-0.3, -0.25) is 4.90 Å². The summed E-state index contributed by atoms with van der Waals surface area (Å²) in [6.45, 7) is 9.29. The Morgan fingerprint density at radius 2 is 1.64 bits per heavy atom. The van der Waals surface area contributed by atoms with Gasteiger partial charge in [0.15, 0.2) is 0 Å². The average Bonchev–Trinajstić information content (AvgIpc) is 2.00. The normalized spacial score (nSPS) is 19.4. The number of hydrogen-bond acceptors (Lipinski definition) is 1. The lowest BCUT2D eigenvalue weighted by atomic mass is 9.87. The zero-order chi connectivity index (χ0) is 10.2. The van der Waals surface area contributed by atoms with E-state index in [0.29, 0.717) is 5.54 Å². The maximum absolute atomic E-state index is 2.53. The smallest absolute Gasteiger partial charge is 0.0125 e. The fraction of sp³-hybridized carbons (Fsp3) is 0.538. The first kappa shape index (κ1) is 9.72. The van der Waals surface area contributed by atoms with Crippen molar-refractivity contribution in [3.8, 4) is 0 Å². The maximum Gasteiger partial charge on any atom is 0.0125 e. The van der Waals surface area contributed by atoms with Crippen molar-refractivity contribution in [2.75, 3.05) is 13.1 Å². The zero-order valence-electron chi connectivity index (χ0n) is 9.33. The summed E-state index contributed by atoms with van der Waals surface area (Å²) in [6.07, 6.45) is 0. The van der Waals surface area contributed by atoms with Crippen LogP contribution in [0.25, 0.3) is 0 Å². The van der Waals surface area contributed by atoms with Gasteiger partial charge >= 0.3 is 0 Å². The molecule has 1 heteroatoms. The van der Waals surface area contributed by atoms with Crippen molar-refractivity contribution in [2.45, 2.75) is 32.2 Å². The van der Waals surface area contributed by atoms with Crippen LogP contribution < -0.4 is 0 Å². The van der Waals surface area contributed by atoms with Crippen LogP contribution in [0, 0.1) is 0 Å². The molecule has 1 heterocycles. The molecule has 0 atom stereocenters. The van der Waals surface area contributed by atoms with Crippen molar-refractivity contribution in [3.63, 3.8) is 0 Å². The third kappa shape index (κ3) is 1.83. The summed E-state index contributed by atoms with van der Waals surface area (Å²) in [5.74, 6) is 0.760. The molecule has 1 saturated heterocycles. The van der Waals surface area contributed by atoms with E-state index in [-0.39, 0.29) is 0 Å². The van der Waals surface area contributed by atoms with E-state index in [4.69, 9.17) is 0 Å². The Bertz CT molecular complexity index is 291. The molecule has 14 heavy (non-hydrogen) atoms. The van der Waals surface area contributed by atoms with Gasteiger partial charge in [-0.15, -0.1) is 0 Å². The maximum atomic E-state index is 2.53. The van der Waals surface area contributed by atoms with Gasteiger partial charge in [-0.2, -0.15) is 0 Å². The molecule has 0 N–H and O–H groups in total. The van der Waals surface area contributed by atoms with Gasteiger partial charge in [0, 0.05) is 24.5 Å². The number of benzene rings is 1. The third-order valence-corrected chi connectivity index (χ3v) is 3.10. The lowest BCUT2D eigenvalue weighted by Crippen LogP contribution is -2.54. The Labute approximate surface area is 86.7 Å². The molecular weight excluding hydrogens is 170 g/mol. The minimum absolute atomic E-state index is 0.339. The van der Waals surface area contributed by atoms with E-state index in [1.54, 1.807) is 0 Å². The monoisotopic (exact) mass is 189 g/mol. The first-order valence-corrected chi connectivity index (χ1v) is 5.37. The molecule has 1 aromatic carbocycles. The molecule has 0 radical (unpaired) electrons. The first-order valence-electron chi connectivity index (χ1n) is 5.37. The minimum Gasteiger partial charge on any atom is -0.297 e. The quantitative estimate of drug-likeness (QED) is 0.656. The Hall–Kier alpha value is -0.820. The number of nitrogens with zero attached hydrogens (tertiary/aromatic N) is 1. The van der Waals surface area contributed by atoms with Crippen molar-refractivity contribution in [1.29, 1.82) is 0 Å². The van der Waals surface area contributed by atoms with Gasteiger partial charge in [0.1, 0.15) is 0 Å². The van der Waals surface area contributed by atoms with E-state index in [0.717, 1.165) is 5.92 Å². The van der Waals surface area contributed by atoms with E-state index < -0.39 is 0 Å². The van der Waals surface area contributed by atoms with E-state index in [1.807, 2.05) is 0 Å². The third-order valence-electron chi connectivity index (χ3n) is 3.10. The summed E-state index contributed by atoms with van der Waals surface area (Å²) in [5.41, 5.74) is 1.83. The van der Waals surface area contributed by atoms with Crippen molar-refractivity contribution in [1.82, 2.24) is 4.90 Å². The Morgan fingerprint density at radius 3 is 2.14 bits per heavy atom. The molecule has 0 aliphatic carbocycles. The van der Waals surface area contributed by atoms with E-state index in [2.05, 4.69) is 56.0 Å². The Balaban J connectivity index is 1.96. The van der Waals surface area contributed by atoms with E-state index >= 15 is 0 Å². The highest BCUT2D eigenvalue weighted by molar-refractivity contribution is 5.23. The summed E-state index contributed by atoms with van der Waals surface area (Å²) in [4.78, 5) is 2.53. The van der Waals surface area contributed by atoms with Gasteiger partial charge in [0.25, 0.3) is 0 Å². The van der Waals surface area contributed by atoms with Gasteiger partial charge in [-0.25, -0.2) is 0 Å². The van der Waals surface area contributed by atoms with Crippen LogP contribution in [-0.2, 0) is 0 Å². The van der Waals surface area contributed by atoms with Gasteiger partial charge in [0.2, 0.25) is 0 Å². The van der Waals surface area contributed by atoms with Crippen LogP contribution in [0.2, 0.25) is 0 Å². The van der Waals surface area contributed by atoms with Crippen molar-refractivity contribution in [3.05, 3.63) is 35.9 Å². The molecule has 1 fully saturated rings. The highest BCUT2D eigenvalue weighted by Gasteiger charge is 2.34. The highest BCUT2D eigenvalue weighted by atomic mass is 15.2. The van der Waals surface area contributed by atoms with Crippen LogP contribution in [0.15, 0.2) is 30.3 Å². The second-order valence-corrected chi connectivity index (χ2v) is 5.18. The predicted molar refractivity (Wildman–Crippen MR) is 60.5 cm³/mol. The molecule has 1 aliphatic rings. The molecule has 0 spiro atoms. The Kier molecular flexibility index (Phi) is 2.36. The fourth-order valence-electron chi connectivity index (χ4n) is 1.96. The summed E-state index contributed by atoms with van der Waals surface area (Å²) in [5, 5.41) is 0. The lowest BCUT2D eigenvalue weighted by molar-refractivity contribution is 0.0470. The number of likely N-dealkylation sites (tertiary alicyclic amines) is 1. The van der Waals surface area contributed by atoms with Gasteiger partial charge in [-0.05, 0) is 26.3 Å². The molecule has 0 bridgehead atoms. The molecule has 0 amide bonds. The van der Waals surface area contributed by atoms with Gasteiger partial charge in [-0.1, -0.05) is 30.3 Å². The largest absolute Gasteiger partial charge is 0.297 e. The molecule has 1 aliphatic heterocycles. The average molecular weight is 189 g/mol. The summed E-state index contributed by atoms with van der Waals surface area (Å²) < 4.78 is 0. The molecule has 2 rings (SSSR count). The second-order valence-electron chi connectivity index (χ2n) is 5.18. The van der Waals surface area contributed by atoms with Crippen LogP contribution in [0.1, 0.15) is 32.3 Å². The summed E-state index contributed by atoms with van der Waals surface area (Å²) in [6, 6.07) is 10.8. The van der Waals surface area contributed by atoms with Crippen molar-refractivity contribution in [2.24, 2.45) is 0 Å². The standard InChI is InChI=1S/C13H19N/c1-13(2,3)14-9-12(10-14)11-7-5-4-6-8-11/h4-8,12H,9-10H2,1-3H3. The zero-order valence-corrected chi connectivity index (χ0v) is 9.33. The van der Waals surface area contributed by atoms with E-state index in [1.165, 1.54) is 18.7 Å². The van der Waals surface area contributed by atoms with Crippen LogP contribution >= 0.6 is 0 Å². The van der Waals surface area contributed by atoms with Crippen LogP contribution in [-0.4, -0.2) is 23.5 Å². The van der Waals surface area contributed by atoms with Crippen LogP contribution in [0.4, 0.5) is 0 Å². The SMILES string of the molecule is CC(C)(C)N1CC(c2ccccc2)C1. The number of hydrogen-bond donors (Lipinski definition) is 0. The van der Waals surface area contributed by atoms with Gasteiger partial charge in [0.05, 0.1) is 0 Å². The fourth-order valence-corrected chi connectivity index (χ4v) is 1.96. The summed E-state index contributed by atoms with van der Waals surface area (Å²) in [7, 11) is 0. The highest BCUT2D eigenvalue weighted by Crippen LogP contribution is 2.31. The van der Waals surface area contributed by atoms with E-state index in [9.17, 15) is 0 Å². The molecule has 1 aromatic rings. The molecule has 0 unspecified atom stereocenters. The Morgan fingerprint density at radius 1 is 1.07 bits per heavy atom. The minimum atomic E-state index is 0.339. The molecule has 0 saturated carbocycles. The molecule has 76 valence electrons. The van der Waals surface area contributed by atoms with Crippen molar-refractivity contribution >= 4 is 0 Å². The molecular formula is C13H19N. The number of rotatable bonds is 1. The summed E-state index contributed by atoms with van der Waals surface area (Å²) >= 11 is 0. The second kappa shape index (κ2) is 3.39. The first-order chi connectivity index (χ1) is 6.57. The van der Waals surface area contributed by atoms with Gasteiger partial charge < -0.3 is 0 Å². The molecule has 1 nitrogen and oxygen atoms in total. The van der Waals surface area contributed by atoms with Crippen LogP contribution in [0.3, 0.4) is 0 Å². The molecule has 0 aromatic heterocycles. The van der Waals surface area contributed by atoms with Crippen molar-refractivity contribution < 1.29 is 0 Å². The topological polar surface area (TPSA) is 3.24 Å². The van der Waals surface area contributed by atoms with Crippen LogP contribution in [0.5, 0.6) is 0 Å². The predicted octanol–water partition coefficient (Wildman–Crippen LogP) is 2.88. The lowest BCUT2D eigenvalue weighted by Gasteiger charge is -2.48.